The number of hydrogen-bond donors (Lipinski definition) is 1. The predicted octanol–water partition coefficient (Wildman–Crippen LogP) is 3.44. The number of carbonyl (C=O) groups excluding carboxylic acids is 2. The van der Waals surface area contributed by atoms with Crippen molar-refractivity contribution in [3.05, 3.63) is 53.9 Å². The summed E-state index contributed by atoms with van der Waals surface area (Å²) >= 11 is 1.37. The van der Waals surface area contributed by atoms with Gasteiger partial charge in [-0.3, -0.25) is 9.78 Å². The molecule has 1 N–H and O–H groups in total. The first-order chi connectivity index (χ1) is 15.6. The molecule has 0 radical (unpaired) electrons. The van der Waals surface area contributed by atoms with E-state index in [0.717, 1.165) is 22.8 Å². The Labute approximate surface area is 191 Å². The molecule has 1 aromatic carbocycles. The van der Waals surface area contributed by atoms with E-state index in [9.17, 15) is 9.59 Å². The quantitative estimate of drug-likeness (QED) is 0.253. The molecule has 8 nitrogen and oxygen atoms in total. The highest BCUT2D eigenvalue weighted by Gasteiger charge is 2.16. The van der Waals surface area contributed by atoms with Crippen molar-refractivity contribution in [3.63, 3.8) is 0 Å². The van der Waals surface area contributed by atoms with Gasteiger partial charge in [0.15, 0.2) is 5.16 Å². The third kappa shape index (κ3) is 6.54. The minimum absolute atomic E-state index is 0.0965. The van der Waals surface area contributed by atoms with Crippen molar-refractivity contribution in [3.8, 4) is 0 Å². The fourth-order valence-electron chi connectivity index (χ4n) is 3.12. The van der Waals surface area contributed by atoms with Crippen molar-refractivity contribution in [2.24, 2.45) is 0 Å². The summed E-state index contributed by atoms with van der Waals surface area (Å²) in [6.45, 7) is 6.46. The molecule has 0 atom stereocenters. The molecule has 0 aliphatic rings. The number of imidazole rings is 1. The lowest BCUT2D eigenvalue weighted by Gasteiger charge is -2.09. The van der Waals surface area contributed by atoms with Gasteiger partial charge in [0.1, 0.15) is 0 Å². The number of carbonyl (C=O) groups is 2. The van der Waals surface area contributed by atoms with Gasteiger partial charge in [-0.1, -0.05) is 17.8 Å². The fraction of sp³-hybridized carbons (Fsp3) is 0.391. The second-order valence-electron chi connectivity index (χ2n) is 6.91. The van der Waals surface area contributed by atoms with Crippen LogP contribution in [-0.2, 0) is 27.4 Å². The SMILES string of the molecule is CCOCCCn1c(SCC(=O)NCc2ccccn2)nc2cc(C(=O)OCC)ccc21. The van der Waals surface area contributed by atoms with E-state index in [0.29, 0.717) is 44.0 Å². The third-order valence-corrected chi connectivity index (χ3v) is 5.60. The van der Waals surface area contributed by atoms with E-state index in [1.54, 1.807) is 25.3 Å². The van der Waals surface area contributed by atoms with E-state index in [2.05, 4.69) is 19.9 Å². The van der Waals surface area contributed by atoms with E-state index < -0.39 is 0 Å². The molecule has 9 heteroatoms. The van der Waals surface area contributed by atoms with Crippen LogP contribution in [0.1, 0.15) is 36.3 Å². The minimum Gasteiger partial charge on any atom is -0.462 e. The second kappa shape index (κ2) is 12.2. The number of thioether (sulfide) groups is 1. The Morgan fingerprint density at radius 3 is 2.78 bits per heavy atom. The van der Waals surface area contributed by atoms with Gasteiger partial charge in [-0.15, -0.1) is 0 Å². The number of nitrogens with zero attached hydrogens (tertiary/aromatic N) is 3. The first-order valence-corrected chi connectivity index (χ1v) is 11.7. The molecule has 0 saturated carbocycles. The lowest BCUT2D eigenvalue weighted by Crippen LogP contribution is -2.25. The van der Waals surface area contributed by atoms with Crippen LogP contribution in [0, 0.1) is 0 Å². The summed E-state index contributed by atoms with van der Waals surface area (Å²) in [6.07, 6.45) is 2.52. The van der Waals surface area contributed by atoms with E-state index in [4.69, 9.17) is 9.47 Å². The van der Waals surface area contributed by atoms with E-state index >= 15 is 0 Å². The van der Waals surface area contributed by atoms with E-state index in [-0.39, 0.29) is 17.6 Å². The van der Waals surface area contributed by atoms with Gasteiger partial charge in [-0.05, 0) is 50.6 Å². The molecule has 0 aliphatic carbocycles. The van der Waals surface area contributed by atoms with Gasteiger partial charge in [-0.2, -0.15) is 0 Å². The van der Waals surface area contributed by atoms with Gasteiger partial charge in [0.25, 0.3) is 0 Å². The predicted molar refractivity (Wildman–Crippen MR) is 124 cm³/mol. The van der Waals surface area contributed by atoms with Crippen LogP contribution in [-0.4, -0.2) is 52.0 Å². The standard InChI is InChI=1S/C23H28N4O4S/c1-3-30-13-7-12-27-20-10-9-17(22(29)31-4-2)14-19(20)26-23(27)32-16-21(28)25-15-18-8-5-6-11-24-18/h5-6,8-11,14H,3-4,7,12-13,15-16H2,1-2H3,(H,25,28). The monoisotopic (exact) mass is 456 g/mol. The molecule has 0 spiro atoms. The topological polar surface area (TPSA) is 95.3 Å². The maximum Gasteiger partial charge on any atom is 0.338 e. The van der Waals surface area contributed by atoms with Crippen molar-refractivity contribution in [1.29, 1.82) is 0 Å². The van der Waals surface area contributed by atoms with Gasteiger partial charge < -0.3 is 19.4 Å². The molecule has 2 heterocycles. The number of amides is 1. The van der Waals surface area contributed by atoms with Gasteiger partial charge in [0.05, 0.1) is 41.2 Å². The first-order valence-electron chi connectivity index (χ1n) is 10.7. The Bertz CT molecular complexity index is 1040. The third-order valence-electron chi connectivity index (χ3n) is 4.62. The number of pyridine rings is 1. The Kier molecular flexibility index (Phi) is 9.06. The summed E-state index contributed by atoms with van der Waals surface area (Å²) < 4.78 is 12.6. The van der Waals surface area contributed by atoms with Crippen LogP contribution in [0.25, 0.3) is 11.0 Å². The summed E-state index contributed by atoms with van der Waals surface area (Å²) in [4.78, 5) is 33.3. The molecule has 0 bridgehead atoms. The highest BCUT2D eigenvalue weighted by Crippen LogP contribution is 2.25. The fourth-order valence-corrected chi connectivity index (χ4v) is 3.99. The van der Waals surface area contributed by atoms with Crippen molar-refractivity contribution >= 4 is 34.7 Å². The first kappa shape index (κ1) is 23.7. The summed E-state index contributed by atoms with van der Waals surface area (Å²) in [7, 11) is 0. The average Bonchev–Trinajstić information content (AvgIpc) is 3.16. The number of esters is 1. The number of hydrogen-bond acceptors (Lipinski definition) is 7. The van der Waals surface area contributed by atoms with Crippen LogP contribution >= 0.6 is 11.8 Å². The number of ether oxygens (including phenoxy) is 2. The Morgan fingerprint density at radius 1 is 1.16 bits per heavy atom. The molecular formula is C23H28N4O4S. The summed E-state index contributed by atoms with van der Waals surface area (Å²) in [6, 6.07) is 10.9. The number of benzene rings is 1. The van der Waals surface area contributed by atoms with Crippen LogP contribution in [0.5, 0.6) is 0 Å². The molecule has 0 aliphatic heterocycles. The lowest BCUT2D eigenvalue weighted by molar-refractivity contribution is -0.118. The smallest absolute Gasteiger partial charge is 0.338 e. The zero-order valence-corrected chi connectivity index (χ0v) is 19.2. The van der Waals surface area contributed by atoms with Crippen LogP contribution in [0.3, 0.4) is 0 Å². The zero-order valence-electron chi connectivity index (χ0n) is 18.4. The molecular weight excluding hydrogens is 428 g/mol. The number of fused-ring (bicyclic) bond motifs is 1. The molecule has 2 aromatic heterocycles. The number of rotatable bonds is 12. The van der Waals surface area contributed by atoms with Crippen molar-refractivity contribution in [2.75, 3.05) is 25.6 Å². The lowest BCUT2D eigenvalue weighted by atomic mass is 10.2. The Balaban J connectivity index is 1.72. The largest absolute Gasteiger partial charge is 0.462 e. The molecule has 3 aromatic rings. The molecule has 1 amide bonds. The van der Waals surface area contributed by atoms with Crippen LogP contribution in [0.2, 0.25) is 0 Å². The maximum atomic E-state index is 12.4. The summed E-state index contributed by atoms with van der Waals surface area (Å²) in [5, 5.41) is 3.61. The van der Waals surface area contributed by atoms with Gasteiger partial charge >= 0.3 is 5.97 Å². The van der Waals surface area contributed by atoms with Crippen LogP contribution in [0.4, 0.5) is 0 Å². The Hall–Kier alpha value is -2.91. The van der Waals surface area contributed by atoms with Crippen LogP contribution in [0.15, 0.2) is 47.8 Å². The van der Waals surface area contributed by atoms with Crippen LogP contribution < -0.4 is 5.32 Å². The summed E-state index contributed by atoms with van der Waals surface area (Å²) in [5.74, 6) is -0.240. The number of nitrogens with one attached hydrogen (secondary N) is 1. The molecule has 0 unspecified atom stereocenters. The highest BCUT2D eigenvalue weighted by atomic mass is 32.2. The Morgan fingerprint density at radius 2 is 2.03 bits per heavy atom. The van der Waals surface area contributed by atoms with E-state index in [1.807, 2.05) is 31.2 Å². The molecule has 0 saturated heterocycles. The molecule has 170 valence electrons. The van der Waals surface area contributed by atoms with Crippen molar-refractivity contribution in [2.45, 2.75) is 38.5 Å². The van der Waals surface area contributed by atoms with Crippen molar-refractivity contribution < 1.29 is 19.1 Å². The second-order valence-corrected chi connectivity index (χ2v) is 7.85. The maximum absolute atomic E-state index is 12.4. The molecule has 0 fully saturated rings. The minimum atomic E-state index is -0.372. The highest BCUT2D eigenvalue weighted by molar-refractivity contribution is 7.99. The average molecular weight is 457 g/mol. The summed E-state index contributed by atoms with van der Waals surface area (Å²) in [5.41, 5.74) is 2.87. The molecule has 32 heavy (non-hydrogen) atoms. The number of aryl methyl sites for hydroxylation is 1. The van der Waals surface area contributed by atoms with Gasteiger partial charge in [0.2, 0.25) is 5.91 Å². The van der Waals surface area contributed by atoms with Crippen molar-refractivity contribution in [1.82, 2.24) is 19.9 Å². The van der Waals surface area contributed by atoms with Gasteiger partial charge in [0, 0.05) is 26.0 Å². The molecule has 3 rings (SSSR count). The zero-order chi connectivity index (χ0) is 22.8. The number of aromatic nitrogens is 3. The van der Waals surface area contributed by atoms with Gasteiger partial charge in [-0.25, -0.2) is 9.78 Å². The normalized spacial score (nSPS) is 10.9. The van der Waals surface area contributed by atoms with E-state index in [1.165, 1.54) is 11.8 Å².